The second kappa shape index (κ2) is 4.58. The Morgan fingerprint density at radius 1 is 1.32 bits per heavy atom. The van der Waals surface area contributed by atoms with E-state index in [9.17, 15) is 0 Å². The van der Waals surface area contributed by atoms with Crippen LogP contribution >= 0.6 is 0 Å². The maximum Gasteiger partial charge on any atom is 0.150 e. The highest BCUT2D eigenvalue weighted by Gasteiger charge is 2.22. The van der Waals surface area contributed by atoms with Crippen LogP contribution in [0.4, 0.5) is 5.82 Å². The third-order valence-corrected chi connectivity index (χ3v) is 3.25. The van der Waals surface area contributed by atoms with E-state index in [1.54, 1.807) is 13.3 Å². The van der Waals surface area contributed by atoms with Gasteiger partial charge >= 0.3 is 0 Å². The monoisotopic (exact) mass is 252 g/mol. The fourth-order valence-electron chi connectivity index (χ4n) is 2.30. The van der Waals surface area contributed by atoms with Gasteiger partial charge in [0.2, 0.25) is 0 Å². The Balaban J connectivity index is 1.93. The van der Waals surface area contributed by atoms with E-state index in [-0.39, 0.29) is 0 Å². The highest BCUT2D eigenvalue weighted by Crippen LogP contribution is 2.30. The number of nitrogens with zero attached hydrogens (tertiary/aromatic N) is 4. The molecule has 1 aliphatic rings. The molecule has 2 aromatic rings. The summed E-state index contributed by atoms with van der Waals surface area (Å²) in [4.78, 5) is 10.2. The van der Waals surface area contributed by atoms with E-state index in [0.717, 1.165) is 18.8 Å². The van der Waals surface area contributed by atoms with E-state index in [1.165, 1.54) is 17.5 Å². The highest BCUT2D eigenvalue weighted by atomic mass is 16.5. The van der Waals surface area contributed by atoms with Crippen LogP contribution in [0.5, 0.6) is 5.75 Å². The van der Waals surface area contributed by atoms with Crippen molar-refractivity contribution in [3.8, 4) is 11.8 Å². The average molecular weight is 252 g/mol. The molecule has 0 bridgehead atoms. The van der Waals surface area contributed by atoms with Crippen molar-refractivity contribution in [3.63, 3.8) is 0 Å². The molecule has 0 atom stereocenters. The number of hydrogen-bond acceptors (Lipinski definition) is 5. The molecule has 3 rings (SSSR count). The Morgan fingerprint density at radius 2 is 2.16 bits per heavy atom. The van der Waals surface area contributed by atoms with Crippen LogP contribution in [0.1, 0.15) is 16.7 Å². The van der Waals surface area contributed by atoms with Crippen LogP contribution in [0, 0.1) is 11.3 Å². The van der Waals surface area contributed by atoms with Crippen LogP contribution < -0.4 is 9.64 Å². The molecule has 0 fully saturated rings. The predicted molar refractivity (Wildman–Crippen MR) is 69.6 cm³/mol. The van der Waals surface area contributed by atoms with Gasteiger partial charge in [-0.3, -0.25) is 0 Å². The zero-order valence-corrected chi connectivity index (χ0v) is 10.5. The van der Waals surface area contributed by atoms with Crippen molar-refractivity contribution in [2.45, 2.75) is 13.1 Å². The van der Waals surface area contributed by atoms with Crippen molar-refractivity contribution < 1.29 is 4.74 Å². The van der Waals surface area contributed by atoms with Crippen LogP contribution in [0.15, 0.2) is 30.7 Å². The second-order valence-corrected chi connectivity index (χ2v) is 4.36. The van der Waals surface area contributed by atoms with Gasteiger partial charge in [-0.15, -0.1) is 0 Å². The van der Waals surface area contributed by atoms with E-state index in [0.29, 0.717) is 11.4 Å². The lowest BCUT2D eigenvalue weighted by Crippen LogP contribution is -2.17. The number of hydrogen-bond donors (Lipinski definition) is 0. The summed E-state index contributed by atoms with van der Waals surface area (Å²) in [5, 5.41) is 9.10. The summed E-state index contributed by atoms with van der Waals surface area (Å²) >= 11 is 0. The number of aromatic nitrogens is 2. The molecule has 0 aliphatic carbocycles. The SMILES string of the molecule is COc1ccc2c(c1)CN(c1ncncc1C#N)C2. The van der Waals surface area contributed by atoms with Gasteiger partial charge in [-0.05, 0) is 23.3 Å². The molecule has 1 aliphatic heterocycles. The summed E-state index contributed by atoms with van der Waals surface area (Å²) in [6.45, 7) is 1.49. The van der Waals surface area contributed by atoms with Crippen molar-refractivity contribution in [2.75, 3.05) is 12.0 Å². The molecule has 19 heavy (non-hydrogen) atoms. The van der Waals surface area contributed by atoms with Gasteiger partial charge < -0.3 is 9.64 Å². The Hall–Kier alpha value is -2.61. The Morgan fingerprint density at radius 3 is 2.95 bits per heavy atom. The van der Waals surface area contributed by atoms with Gasteiger partial charge in [-0.25, -0.2) is 9.97 Å². The summed E-state index contributed by atoms with van der Waals surface area (Å²) < 4.78 is 5.23. The highest BCUT2D eigenvalue weighted by molar-refractivity contribution is 5.56. The molecule has 0 saturated heterocycles. The van der Waals surface area contributed by atoms with Crippen LogP contribution in [0.2, 0.25) is 0 Å². The predicted octanol–water partition coefficient (Wildman–Crippen LogP) is 1.88. The van der Waals surface area contributed by atoms with Crippen molar-refractivity contribution in [2.24, 2.45) is 0 Å². The molecule has 1 aromatic carbocycles. The maximum absolute atomic E-state index is 9.10. The molecule has 0 unspecified atom stereocenters. The topological polar surface area (TPSA) is 62.0 Å². The lowest BCUT2D eigenvalue weighted by molar-refractivity contribution is 0.414. The summed E-state index contributed by atoms with van der Waals surface area (Å²) in [6, 6.07) is 8.17. The summed E-state index contributed by atoms with van der Waals surface area (Å²) in [5.74, 6) is 1.54. The first-order valence-electron chi connectivity index (χ1n) is 5.92. The molecule has 0 amide bonds. The maximum atomic E-state index is 9.10. The number of rotatable bonds is 2. The molecule has 0 radical (unpaired) electrons. The standard InChI is InChI=1S/C14H12N4O/c1-19-13-3-2-10-7-18(8-11(10)4-13)14-12(5-15)6-16-9-17-14/h2-4,6,9H,7-8H2,1H3. The molecule has 5 nitrogen and oxygen atoms in total. The Kier molecular flexibility index (Phi) is 2.76. The van der Waals surface area contributed by atoms with E-state index < -0.39 is 0 Å². The van der Waals surface area contributed by atoms with Crippen LogP contribution in [-0.4, -0.2) is 17.1 Å². The molecule has 2 heterocycles. The fraction of sp³-hybridized carbons (Fsp3) is 0.214. The number of fused-ring (bicyclic) bond motifs is 1. The van der Waals surface area contributed by atoms with Crippen LogP contribution in [0.3, 0.4) is 0 Å². The first kappa shape index (κ1) is 11.5. The van der Waals surface area contributed by atoms with Gasteiger partial charge in [0.25, 0.3) is 0 Å². The normalized spacial score (nSPS) is 12.9. The van der Waals surface area contributed by atoms with Gasteiger partial charge in [0.15, 0.2) is 5.82 Å². The van der Waals surface area contributed by atoms with E-state index in [2.05, 4.69) is 27.0 Å². The zero-order valence-electron chi connectivity index (χ0n) is 10.5. The molecular weight excluding hydrogens is 240 g/mol. The van der Waals surface area contributed by atoms with Crippen LogP contribution in [-0.2, 0) is 13.1 Å². The van der Waals surface area contributed by atoms with Crippen molar-refractivity contribution in [1.82, 2.24) is 9.97 Å². The Bertz CT molecular complexity index is 663. The van der Waals surface area contributed by atoms with Crippen molar-refractivity contribution in [1.29, 1.82) is 5.26 Å². The second-order valence-electron chi connectivity index (χ2n) is 4.36. The molecule has 5 heteroatoms. The average Bonchev–Trinajstić information content (AvgIpc) is 2.89. The minimum absolute atomic E-state index is 0.502. The van der Waals surface area contributed by atoms with Gasteiger partial charge in [0.05, 0.1) is 13.3 Å². The molecule has 0 spiro atoms. The van der Waals surface area contributed by atoms with Crippen molar-refractivity contribution in [3.05, 3.63) is 47.4 Å². The molecule has 1 aromatic heterocycles. The summed E-state index contributed by atoms with van der Waals surface area (Å²) in [5.41, 5.74) is 2.95. The largest absolute Gasteiger partial charge is 0.497 e. The number of methoxy groups -OCH3 is 1. The number of anilines is 1. The lowest BCUT2D eigenvalue weighted by atomic mass is 10.1. The smallest absolute Gasteiger partial charge is 0.150 e. The summed E-state index contributed by atoms with van der Waals surface area (Å²) in [6.07, 6.45) is 3.02. The minimum atomic E-state index is 0.502. The molecule has 0 N–H and O–H groups in total. The van der Waals surface area contributed by atoms with E-state index in [1.807, 2.05) is 12.1 Å². The van der Waals surface area contributed by atoms with Gasteiger partial charge in [-0.2, -0.15) is 5.26 Å². The number of ether oxygens (including phenoxy) is 1. The quantitative estimate of drug-likeness (QED) is 0.816. The first-order chi connectivity index (χ1) is 9.31. The van der Waals surface area contributed by atoms with Gasteiger partial charge in [-0.1, -0.05) is 6.07 Å². The van der Waals surface area contributed by atoms with Gasteiger partial charge in [0, 0.05) is 13.1 Å². The fourth-order valence-corrected chi connectivity index (χ4v) is 2.30. The third kappa shape index (κ3) is 1.97. The van der Waals surface area contributed by atoms with E-state index >= 15 is 0 Å². The molecule has 0 saturated carbocycles. The van der Waals surface area contributed by atoms with Crippen LogP contribution in [0.25, 0.3) is 0 Å². The molecular formula is C14H12N4O. The first-order valence-corrected chi connectivity index (χ1v) is 5.92. The number of nitriles is 1. The number of benzene rings is 1. The zero-order chi connectivity index (χ0) is 13.2. The molecule has 94 valence electrons. The van der Waals surface area contributed by atoms with E-state index in [4.69, 9.17) is 10.00 Å². The van der Waals surface area contributed by atoms with Crippen molar-refractivity contribution >= 4 is 5.82 Å². The third-order valence-electron chi connectivity index (χ3n) is 3.25. The minimum Gasteiger partial charge on any atom is -0.497 e. The Labute approximate surface area is 111 Å². The van der Waals surface area contributed by atoms with Gasteiger partial charge in [0.1, 0.15) is 23.7 Å². The summed E-state index contributed by atoms with van der Waals surface area (Å²) in [7, 11) is 1.66. The lowest BCUT2D eigenvalue weighted by Gasteiger charge is -2.16.